The van der Waals surface area contributed by atoms with Crippen LogP contribution in [0.1, 0.15) is 43.3 Å². The second kappa shape index (κ2) is 8.32. The number of nitrogens with one attached hydrogen (secondary N) is 2. The largest absolute Gasteiger partial charge is 0.353 e. The van der Waals surface area contributed by atoms with Crippen molar-refractivity contribution in [2.45, 2.75) is 63.6 Å². The van der Waals surface area contributed by atoms with E-state index in [0.29, 0.717) is 24.5 Å². The summed E-state index contributed by atoms with van der Waals surface area (Å²) in [4.78, 5) is 16.5. The van der Waals surface area contributed by atoms with Gasteiger partial charge in [0, 0.05) is 23.5 Å². The molecule has 1 amide bonds. The summed E-state index contributed by atoms with van der Waals surface area (Å²) in [5, 5.41) is 9.89. The Kier molecular flexibility index (Phi) is 7.40. The predicted octanol–water partition coefficient (Wildman–Crippen LogP) is 2.49. The molecule has 0 radical (unpaired) electrons. The number of carbonyl (C=O) groups is 1. The van der Waals surface area contributed by atoms with E-state index in [2.05, 4.69) is 22.5 Å². The lowest BCUT2D eigenvalue weighted by Gasteiger charge is -2.29. The molecule has 0 saturated carbocycles. The lowest BCUT2D eigenvalue weighted by Crippen LogP contribution is -2.48. The molecule has 2 N–H and O–H groups in total. The number of aryl methyl sites for hydroxylation is 1. The quantitative estimate of drug-likeness (QED) is 0.875. The van der Waals surface area contributed by atoms with Crippen LogP contribution in [0, 0.1) is 0 Å². The van der Waals surface area contributed by atoms with E-state index in [-0.39, 0.29) is 30.7 Å². The molecule has 2 saturated heterocycles. The summed E-state index contributed by atoms with van der Waals surface area (Å²) < 4.78 is 0. The second-order valence-electron chi connectivity index (χ2n) is 5.64. The number of amides is 1. The van der Waals surface area contributed by atoms with Gasteiger partial charge < -0.3 is 10.6 Å². The first-order chi connectivity index (χ1) is 9.22. The van der Waals surface area contributed by atoms with Gasteiger partial charge in [0.1, 0.15) is 0 Å². The maximum atomic E-state index is 12.0. The fourth-order valence-corrected chi connectivity index (χ4v) is 3.96. The lowest BCUT2D eigenvalue weighted by atomic mass is 9.99. The Morgan fingerprint density at radius 2 is 2.05 bits per heavy atom. The number of hydrogen-bond acceptors (Lipinski definition) is 4. The first-order valence-electron chi connectivity index (χ1n) is 7.21. The van der Waals surface area contributed by atoms with Gasteiger partial charge in [-0.2, -0.15) is 0 Å². The summed E-state index contributed by atoms with van der Waals surface area (Å²) in [6, 6.07) is 1.60. The summed E-state index contributed by atoms with van der Waals surface area (Å²) in [5.74, 6) is 0.124. The van der Waals surface area contributed by atoms with Gasteiger partial charge in [-0.1, -0.05) is 6.92 Å². The van der Waals surface area contributed by atoms with Gasteiger partial charge in [0.25, 0.3) is 0 Å². The number of halogens is 2. The first kappa shape index (κ1) is 18.7. The third-order valence-corrected chi connectivity index (χ3v) is 5.12. The predicted molar refractivity (Wildman–Crippen MR) is 90.8 cm³/mol. The lowest BCUT2D eigenvalue weighted by molar-refractivity contribution is -0.121. The Bertz CT molecular complexity index is 457. The molecule has 120 valence electrons. The maximum absolute atomic E-state index is 12.0. The standard InChI is InChI=1S/C14H21N3OS.2ClH/c1-2-14-17-12(8-19-14)7-13(18)16-11-5-9-3-4-10(6-11)15-9;;/h8-11,15H,2-7H2,1H3,(H,16,18);2*1H. The average molecular weight is 352 g/mol. The van der Waals surface area contributed by atoms with Crippen LogP contribution in [0.15, 0.2) is 5.38 Å². The van der Waals surface area contributed by atoms with E-state index < -0.39 is 0 Å². The molecule has 2 atom stereocenters. The molecular formula is C14H23Cl2N3OS. The molecule has 2 unspecified atom stereocenters. The minimum atomic E-state index is 0. The number of hydrogen-bond donors (Lipinski definition) is 2. The number of fused-ring (bicyclic) bond motifs is 2. The topological polar surface area (TPSA) is 54.0 Å². The van der Waals surface area contributed by atoms with Gasteiger partial charge in [-0.15, -0.1) is 36.2 Å². The number of nitrogens with zero attached hydrogens (tertiary/aromatic N) is 1. The van der Waals surface area contributed by atoms with E-state index in [9.17, 15) is 4.79 Å². The van der Waals surface area contributed by atoms with Crippen LogP contribution in [0.5, 0.6) is 0 Å². The molecule has 3 rings (SSSR count). The van der Waals surface area contributed by atoms with Crippen molar-refractivity contribution < 1.29 is 4.79 Å². The van der Waals surface area contributed by atoms with Crippen LogP contribution >= 0.6 is 36.2 Å². The average Bonchev–Trinajstić information content (AvgIpc) is 2.96. The molecule has 0 aromatic carbocycles. The van der Waals surface area contributed by atoms with Crippen LogP contribution in [-0.2, 0) is 17.6 Å². The Hall–Kier alpha value is -0.360. The van der Waals surface area contributed by atoms with Gasteiger partial charge in [0.2, 0.25) is 5.91 Å². The van der Waals surface area contributed by atoms with E-state index in [4.69, 9.17) is 0 Å². The van der Waals surface area contributed by atoms with Gasteiger partial charge >= 0.3 is 0 Å². The fraction of sp³-hybridized carbons (Fsp3) is 0.714. The smallest absolute Gasteiger partial charge is 0.226 e. The maximum Gasteiger partial charge on any atom is 0.226 e. The van der Waals surface area contributed by atoms with Crippen LogP contribution in [0.25, 0.3) is 0 Å². The highest BCUT2D eigenvalue weighted by molar-refractivity contribution is 7.09. The molecule has 2 fully saturated rings. The van der Waals surface area contributed by atoms with Crippen LogP contribution in [0.3, 0.4) is 0 Å². The van der Waals surface area contributed by atoms with Crippen molar-refractivity contribution in [3.05, 3.63) is 16.1 Å². The van der Waals surface area contributed by atoms with Gasteiger partial charge in [-0.05, 0) is 32.1 Å². The van der Waals surface area contributed by atoms with Crippen molar-refractivity contribution >= 4 is 42.1 Å². The molecule has 2 aliphatic rings. The van der Waals surface area contributed by atoms with Crippen molar-refractivity contribution in [3.8, 4) is 0 Å². The van der Waals surface area contributed by atoms with Crippen LogP contribution in [0.2, 0.25) is 0 Å². The SMILES string of the molecule is CCc1nc(CC(=O)NC2CC3CCC(C2)N3)cs1.Cl.Cl. The highest BCUT2D eigenvalue weighted by atomic mass is 35.5. The minimum absolute atomic E-state index is 0. The van der Waals surface area contributed by atoms with Crippen LogP contribution in [-0.4, -0.2) is 29.0 Å². The van der Waals surface area contributed by atoms with E-state index in [0.717, 1.165) is 30.0 Å². The number of rotatable bonds is 4. The van der Waals surface area contributed by atoms with Gasteiger partial charge in [-0.25, -0.2) is 4.98 Å². The third-order valence-electron chi connectivity index (χ3n) is 4.08. The van der Waals surface area contributed by atoms with Crippen LogP contribution < -0.4 is 10.6 Å². The zero-order chi connectivity index (χ0) is 13.2. The summed E-state index contributed by atoms with van der Waals surface area (Å²) in [6.07, 6.45) is 6.07. The second-order valence-corrected chi connectivity index (χ2v) is 6.58. The van der Waals surface area contributed by atoms with Crippen molar-refractivity contribution in [1.82, 2.24) is 15.6 Å². The molecule has 3 heterocycles. The monoisotopic (exact) mass is 351 g/mol. The molecule has 1 aromatic heterocycles. The molecule has 2 aliphatic heterocycles. The number of aromatic nitrogens is 1. The minimum Gasteiger partial charge on any atom is -0.353 e. The zero-order valence-electron chi connectivity index (χ0n) is 12.1. The summed E-state index contributed by atoms with van der Waals surface area (Å²) >= 11 is 1.65. The summed E-state index contributed by atoms with van der Waals surface area (Å²) in [7, 11) is 0. The van der Waals surface area contributed by atoms with E-state index in [1.165, 1.54) is 12.8 Å². The Morgan fingerprint density at radius 1 is 1.38 bits per heavy atom. The fourth-order valence-electron chi connectivity index (χ4n) is 3.21. The molecule has 0 aliphatic carbocycles. The van der Waals surface area contributed by atoms with E-state index >= 15 is 0 Å². The Morgan fingerprint density at radius 3 is 2.62 bits per heavy atom. The first-order valence-corrected chi connectivity index (χ1v) is 8.09. The summed E-state index contributed by atoms with van der Waals surface area (Å²) in [5.41, 5.74) is 0.913. The molecule has 7 heteroatoms. The molecule has 1 aromatic rings. The Balaban J connectivity index is 0.00000110. The van der Waals surface area contributed by atoms with Crippen molar-refractivity contribution in [1.29, 1.82) is 0 Å². The van der Waals surface area contributed by atoms with Gasteiger partial charge in [0.05, 0.1) is 17.1 Å². The molecule has 2 bridgehead atoms. The highest BCUT2D eigenvalue weighted by Gasteiger charge is 2.33. The van der Waals surface area contributed by atoms with Crippen LogP contribution in [0.4, 0.5) is 0 Å². The number of piperidine rings is 1. The van der Waals surface area contributed by atoms with E-state index in [1.807, 2.05) is 5.38 Å². The molecule has 4 nitrogen and oxygen atoms in total. The van der Waals surface area contributed by atoms with Crippen molar-refractivity contribution in [2.75, 3.05) is 0 Å². The zero-order valence-corrected chi connectivity index (χ0v) is 14.6. The Labute approximate surface area is 142 Å². The van der Waals surface area contributed by atoms with Gasteiger partial charge in [-0.3, -0.25) is 4.79 Å². The normalized spacial score (nSPS) is 26.6. The van der Waals surface area contributed by atoms with Crippen molar-refractivity contribution in [3.63, 3.8) is 0 Å². The number of thiazole rings is 1. The van der Waals surface area contributed by atoms with Crippen molar-refractivity contribution in [2.24, 2.45) is 0 Å². The number of carbonyl (C=O) groups excluding carboxylic acids is 1. The summed E-state index contributed by atoms with van der Waals surface area (Å²) in [6.45, 7) is 2.09. The third kappa shape index (κ3) is 4.81. The molecule has 21 heavy (non-hydrogen) atoms. The molecule has 0 spiro atoms. The van der Waals surface area contributed by atoms with E-state index in [1.54, 1.807) is 11.3 Å². The molecular weight excluding hydrogens is 329 g/mol. The van der Waals surface area contributed by atoms with Gasteiger partial charge in [0.15, 0.2) is 0 Å². The highest BCUT2D eigenvalue weighted by Crippen LogP contribution is 2.26.